The van der Waals surface area contributed by atoms with E-state index in [4.69, 9.17) is 4.74 Å². The van der Waals surface area contributed by atoms with Crippen molar-refractivity contribution in [1.29, 1.82) is 0 Å². The van der Waals surface area contributed by atoms with Crippen LogP contribution in [0.2, 0.25) is 0 Å². The molecule has 1 unspecified atom stereocenters. The Bertz CT molecular complexity index is 613. The van der Waals surface area contributed by atoms with E-state index in [0.29, 0.717) is 6.54 Å². The van der Waals surface area contributed by atoms with E-state index < -0.39 is 17.7 Å². The van der Waals surface area contributed by atoms with E-state index in [1.807, 2.05) is 0 Å². The van der Waals surface area contributed by atoms with Crippen LogP contribution >= 0.6 is 0 Å². The van der Waals surface area contributed by atoms with Gasteiger partial charge in [-0.15, -0.1) is 0 Å². The second kappa shape index (κ2) is 4.50. The maximum Gasteiger partial charge on any atom is 0.179 e. The van der Waals surface area contributed by atoms with Gasteiger partial charge in [-0.2, -0.15) is 0 Å². The number of fused-ring (bicyclic) bond motifs is 1. The van der Waals surface area contributed by atoms with Crippen molar-refractivity contribution in [3.8, 4) is 5.75 Å². The topological polar surface area (TPSA) is 21.3 Å². The maximum absolute atomic E-state index is 13.6. The standard InChI is InChI=1S/C14H10F3NO/c15-9-3-1-8(2-4-9)13-7-18-12-6-10(16)5-11(17)14(12)19-13/h1-6,13,18H,7H2. The number of benzene rings is 2. The summed E-state index contributed by atoms with van der Waals surface area (Å²) in [5, 5.41) is 2.91. The Morgan fingerprint density at radius 1 is 1.00 bits per heavy atom. The van der Waals surface area contributed by atoms with Gasteiger partial charge in [-0.25, -0.2) is 13.2 Å². The molecule has 0 spiro atoms. The normalized spacial score (nSPS) is 17.3. The summed E-state index contributed by atoms with van der Waals surface area (Å²) in [6.07, 6.45) is -0.437. The second-order valence-electron chi connectivity index (χ2n) is 4.30. The molecule has 0 fully saturated rings. The highest BCUT2D eigenvalue weighted by molar-refractivity contribution is 5.59. The van der Waals surface area contributed by atoms with Crippen LogP contribution in [-0.2, 0) is 0 Å². The van der Waals surface area contributed by atoms with E-state index in [1.165, 1.54) is 18.2 Å². The Morgan fingerprint density at radius 3 is 2.47 bits per heavy atom. The lowest BCUT2D eigenvalue weighted by Gasteiger charge is -2.28. The number of nitrogens with one attached hydrogen (secondary N) is 1. The van der Waals surface area contributed by atoms with Crippen molar-refractivity contribution in [2.45, 2.75) is 6.10 Å². The fraction of sp³-hybridized carbons (Fsp3) is 0.143. The van der Waals surface area contributed by atoms with Gasteiger partial charge >= 0.3 is 0 Å². The molecule has 98 valence electrons. The average Bonchev–Trinajstić information content (AvgIpc) is 2.39. The summed E-state index contributed by atoms with van der Waals surface area (Å²) in [4.78, 5) is 0. The van der Waals surface area contributed by atoms with Gasteiger partial charge in [0.05, 0.1) is 12.2 Å². The van der Waals surface area contributed by atoms with E-state index >= 15 is 0 Å². The lowest BCUT2D eigenvalue weighted by Crippen LogP contribution is -2.24. The molecule has 1 N–H and O–H groups in total. The third kappa shape index (κ3) is 2.23. The minimum absolute atomic E-state index is 0.0121. The molecule has 0 saturated carbocycles. The Kier molecular flexibility index (Phi) is 2.81. The fourth-order valence-corrected chi connectivity index (χ4v) is 2.06. The molecule has 19 heavy (non-hydrogen) atoms. The molecule has 2 aromatic carbocycles. The van der Waals surface area contributed by atoms with Crippen LogP contribution in [0.3, 0.4) is 0 Å². The molecule has 0 amide bonds. The van der Waals surface area contributed by atoms with E-state index in [9.17, 15) is 13.2 Å². The van der Waals surface area contributed by atoms with Crippen molar-refractivity contribution in [3.05, 3.63) is 59.4 Å². The Hall–Kier alpha value is -2.17. The SMILES string of the molecule is Fc1ccc(C2CNc3cc(F)cc(F)c3O2)cc1. The summed E-state index contributed by atoms with van der Waals surface area (Å²) in [5.41, 5.74) is 1.01. The molecule has 2 aromatic rings. The van der Waals surface area contributed by atoms with E-state index in [2.05, 4.69) is 5.32 Å². The lowest BCUT2D eigenvalue weighted by molar-refractivity contribution is 0.200. The number of anilines is 1. The first-order valence-electron chi connectivity index (χ1n) is 5.78. The smallest absolute Gasteiger partial charge is 0.179 e. The largest absolute Gasteiger partial charge is 0.479 e. The van der Waals surface area contributed by atoms with Gasteiger partial charge in [0.25, 0.3) is 0 Å². The van der Waals surface area contributed by atoms with Gasteiger partial charge in [0.15, 0.2) is 11.6 Å². The van der Waals surface area contributed by atoms with Gasteiger partial charge in [-0.3, -0.25) is 0 Å². The van der Waals surface area contributed by atoms with Crippen LogP contribution in [0, 0.1) is 17.5 Å². The highest BCUT2D eigenvalue weighted by Gasteiger charge is 2.24. The molecular formula is C14H10F3NO. The lowest BCUT2D eigenvalue weighted by atomic mass is 10.1. The molecule has 0 aromatic heterocycles. The summed E-state index contributed by atoms with van der Waals surface area (Å²) >= 11 is 0. The monoisotopic (exact) mass is 265 g/mol. The number of rotatable bonds is 1. The molecule has 1 atom stereocenters. The molecule has 3 rings (SSSR count). The molecule has 1 heterocycles. The highest BCUT2D eigenvalue weighted by atomic mass is 19.1. The van der Waals surface area contributed by atoms with Crippen LogP contribution in [0.15, 0.2) is 36.4 Å². The second-order valence-corrected chi connectivity index (χ2v) is 4.30. The summed E-state index contributed by atoms with van der Waals surface area (Å²) < 4.78 is 45.0. The molecular weight excluding hydrogens is 255 g/mol. The van der Waals surface area contributed by atoms with Gasteiger partial charge in [0.1, 0.15) is 17.7 Å². The summed E-state index contributed by atoms with van der Waals surface area (Å²) in [5.74, 6) is -1.77. The molecule has 0 saturated heterocycles. The predicted octanol–water partition coefficient (Wildman–Crippen LogP) is 3.65. The Morgan fingerprint density at radius 2 is 1.74 bits per heavy atom. The van der Waals surface area contributed by atoms with Gasteiger partial charge in [0, 0.05) is 12.1 Å². The van der Waals surface area contributed by atoms with Crippen molar-refractivity contribution in [2.24, 2.45) is 0 Å². The quantitative estimate of drug-likeness (QED) is 0.849. The van der Waals surface area contributed by atoms with Gasteiger partial charge in [0.2, 0.25) is 0 Å². The number of halogens is 3. The van der Waals surface area contributed by atoms with Crippen LogP contribution < -0.4 is 10.1 Å². The first-order valence-corrected chi connectivity index (χ1v) is 5.78. The maximum atomic E-state index is 13.6. The molecule has 2 nitrogen and oxygen atoms in total. The van der Waals surface area contributed by atoms with Crippen molar-refractivity contribution in [2.75, 3.05) is 11.9 Å². The molecule has 0 radical (unpaired) electrons. The molecule has 0 aliphatic carbocycles. The highest BCUT2D eigenvalue weighted by Crippen LogP contribution is 2.36. The number of ether oxygens (including phenoxy) is 1. The molecule has 1 aliphatic rings. The minimum Gasteiger partial charge on any atom is -0.479 e. The summed E-state index contributed by atoms with van der Waals surface area (Å²) in [6, 6.07) is 7.74. The van der Waals surface area contributed by atoms with Crippen molar-refractivity contribution in [1.82, 2.24) is 0 Å². The van der Waals surface area contributed by atoms with Gasteiger partial charge in [-0.1, -0.05) is 12.1 Å². The van der Waals surface area contributed by atoms with Crippen LogP contribution in [-0.4, -0.2) is 6.54 Å². The third-order valence-electron chi connectivity index (χ3n) is 2.99. The third-order valence-corrected chi connectivity index (χ3v) is 2.99. The first kappa shape index (κ1) is 11.9. The van der Waals surface area contributed by atoms with Crippen LogP contribution in [0.25, 0.3) is 0 Å². The van der Waals surface area contributed by atoms with Gasteiger partial charge < -0.3 is 10.1 Å². The molecule has 5 heteroatoms. The summed E-state index contributed by atoms with van der Waals surface area (Å²) in [6.45, 7) is 0.363. The zero-order chi connectivity index (χ0) is 13.4. The number of hydrogen-bond acceptors (Lipinski definition) is 2. The van der Waals surface area contributed by atoms with Gasteiger partial charge in [-0.05, 0) is 17.7 Å². The predicted molar refractivity (Wildman–Crippen MR) is 64.6 cm³/mol. The summed E-state index contributed by atoms with van der Waals surface area (Å²) in [7, 11) is 0. The number of hydrogen-bond donors (Lipinski definition) is 1. The van der Waals surface area contributed by atoms with Crippen LogP contribution in [0.5, 0.6) is 5.75 Å². The molecule has 1 aliphatic heterocycles. The van der Waals surface area contributed by atoms with Crippen LogP contribution in [0.1, 0.15) is 11.7 Å². The van der Waals surface area contributed by atoms with E-state index in [-0.39, 0.29) is 17.3 Å². The minimum atomic E-state index is -0.755. The van der Waals surface area contributed by atoms with E-state index in [1.54, 1.807) is 12.1 Å². The average molecular weight is 265 g/mol. The van der Waals surface area contributed by atoms with Crippen LogP contribution in [0.4, 0.5) is 18.9 Å². The zero-order valence-electron chi connectivity index (χ0n) is 9.79. The first-order chi connectivity index (χ1) is 9.13. The fourth-order valence-electron chi connectivity index (χ4n) is 2.06. The Labute approximate surface area is 107 Å². The Balaban J connectivity index is 1.92. The van der Waals surface area contributed by atoms with E-state index in [0.717, 1.165) is 11.6 Å². The van der Waals surface area contributed by atoms with Crippen molar-refractivity contribution >= 4 is 5.69 Å². The molecule has 0 bridgehead atoms. The zero-order valence-corrected chi connectivity index (χ0v) is 9.79. The van der Waals surface area contributed by atoms with Crippen molar-refractivity contribution < 1.29 is 17.9 Å². The van der Waals surface area contributed by atoms with Crippen molar-refractivity contribution in [3.63, 3.8) is 0 Å².